The topological polar surface area (TPSA) is 50.8 Å². The Morgan fingerprint density at radius 3 is 2.80 bits per heavy atom. The van der Waals surface area contributed by atoms with Crippen LogP contribution in [0.15, 0.2) is 22.3 Å². The number of hydrogen-bond acceptors (Lipinski definition) is 4. The number of ether oxygens (including phenoxy) is 2. The lowest BCUT2D eigenvalue weighted by Crippen LogP contribution is -2.30. The molecule has 2 heterocycles. The molecule has 1 aromatic rings. The maximum Gasteiger partial charge on any atom is 0.276 e. The second-order valence-electron chi connectivity index (χ2n) is 4.26. The number of fused-ring (bicyclic) bond motifs is 1. The van der Waals surface area contributed by atoms with Crippen molar-refractivity contribution in [2.45, 2.75) is 6.92 Å². The van der Waals surface area contributed by atoms with Crippen molar-refractivity contribution in [3.8, 4) is 11.5 Å². The van der Waals surface area contributed by atoms with Crippen molar-refractivity contribution < 1.29 is 14.3 Å². The number of halogens is 1. The predicted molar refractivity (Wildman–Crippen MR) is 81.4 cm³/mol. The minimum absolute atomic E-state index is 0.123. The molecule has 1 amide bonds. The van der Waals surface area contributed by atoms with Crippen LogP contribution in [0.4, 0.5) is 0 Å². The van der Waals surface area contributed by atoms with Gasteiger partial charge < -0.3 is 14.8 Å². The normalized spacial score (nSPS) is 18.9. The smallest absolute Gasteiger partial charge is 0.276 e. The van der Waals surface area contributed by atoms with Gasteiger partial charge in [0.1, 0.15) is 5.70 Å². The summed E-state index contributed by atoms with van der Waals surface area (Å²) in [6, 6.07) is 3.65. The number of nitrogens with one attached hydrogen (secondary N) is 1. The number of carbonyl (C=O) groups is 1. The van der Waals surface area contributed by atoms with Gasteiger partial charge in [0.2, 0.25) is 6.79 Å². The molecule has 0 spiro atoms. The van der Waals surface area contributed by atoms with Gasteiger partial charge in [0.25, 0.3) is 5.91 Å². The summed E-state index contributed by atoms with van der Waals surface area (Å²) in [5.41, 5.74) is 1.28. The Morgan fingerprint density at radius 2 is 2.15 bits per heavy atom. The van der Waals surface area contributed by atoms with Gasteiger partial charge in [0, 0.05) is 11.0 Å². The number of benzene rings is 1. The molecule has 2 aliphatic rings. The molecule has 2 aliphatic heterocycles. The zero-order valence-corrected chi connectivity index (χ0v) is 13.0. The number of rotatable bonds is 2. The monoisotopic (exact) mass is 354 g/mol. The van der Waals surface area contributed by atoms with Crippen molar-refractivity contribution in [1.29, 1.82) is 0 Å². The molecule has 0 aromatic heterocycles. The average molecular weight is 355 g/mol. The molecule has 1 fully saturated rings. The van der Waals surface area contributed by atoms with Crippen LogP contribution in [-0.2, 0) is 4.79 Å². The Bertz CT molecular complexity index is 645. The molecular formula is C13H11BrN2O3S. The number of likely N-dealkylation sites (N-methyl/N-ethyl adjacent to an activating group) is 1. The van der Waals surface area contributed by atoms with E-state index < -0.39 is 0 Å². The van der Waals surface area contributed by atoms with Gasteiger partial charge in [0.15, 0.2) is 16.6 Å². The predicted octanol–water partition coefficient (Wildman–Crippen LogP) is 2.26. The quantitative estimate of drug-likeness (QED) is 0.652. The van der Waals surface area contributed by atoms with Crippen LogP contribution in [0.3, 0.4) is 0 Å². The van der Waals surface area contributed by atoms with E-state index in [4.69, 9.17) is 21.7 Å². The van der Waals surface area contributed by atoms with Gasteiger partial charge in [0.05, 0.1) is 0 Å². The van der Waals surface area contributed by atoms with Crippen LogP contribution in [0.5, 0.6) is 11.5 Å². The van der Waals surface area contributed by atoms with E-state index in [1.165, 1.54) is 4.90 Å². The Balaban J connectivity index is 1.97. The summed E-state index contributed by atoms with van der Waals surface area (Å²) in [5, 5.41) is 3.36. The van der Waals surface area contributed by atoms with Gasteiger partial charge >= 0.3 is 0 Å². The molecule has 5 nitrogen and oxygen atoms in total. The highest BCUT2D eigenvalue weighted by atomic mass is 79.9. The summed E-state index contributed by atoms with van der Waals surface area (Å²) in [6.45, 7) is 2.64. The fraction of sp³-hybridized carbons (Fsp3) is 0.231. The second kappa shape index (κ2) is 5.06. The van der Waals surface area contributed by atoms with Crippen LogP contribution in [0.25, 0.3) is 6.08 Å². The molecule has 104 valence electrons. The standard InChI is InChI=1S/C13H11BrN2O3S/c1-2-16-12(17)9(15-13(16)20)3-7-4-10-11(5-8(7)14)19-6-18-10/h3-5H,2,6H2,1H3,(H,15,20)/b9-3-. The highest BCUT2D eigenvalue weighted by molar-refractivity contribution is 9.10. The van der Waals surface area contributed by atoms with Gasteiger partial charge in [-0.15, -0.1) is 0 Å². The Morgan fingerprint density at radius 1 is 1.45 bits per heavy atom. The molecule has 0 radical (unpaired) electrons. The molecule has 1 saturated heterocycles. The van der Waals surface area contributed by atoms with Crippen LogP contribution in [0, 0.1) is 0 Å². The summed E-state index contributed by atoms with van der Waals surface area (Å²) in [4.78, 5) is 13.6. The van der Waals surface area contributed by atoms with E-state index in [1.807, 2.05) is 19.1 Å². The van der Waals surface area contributed by atoms with E-state index in [2.05, 4.69) is 21.2 Å². The first-order valence-corrected chi connectivity index (χ1v) is 7.24. The van der Waals surface area contributed by atoms with Crippen LogP contribution < -0.4 is 14.8 Å². The Kier molecular flexibility index (Phi) is 3.39. The second-order valence-corrected chi connectivity index (χ2v) is 5.51. The lowest BCUT2D eigenvalue weighted by molar-refractivity contribution is -0.122. The van der Waals surface area contributed by atoms with Crippen molar-refractivity contribution in [2.24, 2.45) is 0 Å². The molecule has 0 saturated carbocycles. The van der Waals surface area contributed by atoms with Crippen molar-refractivity contribution in [3.63, 3.8) is 0 Å². The van der Waals surface area contributed by atoms with Gasteiger partial charge in [-0.25, -0.2) is 0 Å². The van der Waals surface area contributed by atoms with E-state index >= 15 is 0 Å². The van der Waals surface area contributed by atoms with Gasteiger partial charge in [-0.3, -0.25) is 9.69 Å². The average Bonchev–Trinajstić information content (AvgIpc) is 2.95. The summed E-state index contributed by atoms with van der Waals surface area (Å²) < 4.78 is 11.5. The Labute approximate surface area is 129 Å². The van der Waals surface area contributed by atoms with E-state index in [9.17, 15) is 4.79 Å². The molecule has 1 aromatic carbocycles. The molecule has 0 unspecified atom stereocenters. The highest BCUT2D eigenvalue weighted by Crippen LogP contribution is 2.37. The minimum atomic E-state index is -0.123. The minimum Gasteiger partial charge on any atom is -0.454 e. The Hall–Kier alpha value is -1.60. The summed E-state index contributed by atoms with van der Waals surface area (Å²) in [6.07, 6.45) is 1.75. The fourth-order valence-corrected chi connectivity index (χ4v) is 2.82. The number of nitrogens with zero attached hydrogens (tertiary/aromatic N) is 1. The lowest BCUT2D eigenvalue weighted by atomic mass is 10.1. The van der Waals surface area contributed by atoms with E-state index in [-0.39, 0.29) is 12.7 Å². The van der Waals surface area contributed by atoms with Crippen LogP contribution >= 0.6 is 28.1 Å². The summed E-state index contributed by atoms with van der Waals surface area (Å²) in [7, 11) is 0. The van der Waals surface area contributed by atoms with Crippen molar-refractivity contribution in [3.05, 3.63) is 27.9 Å². The first-order valence-electron chi connectivity index (χ1n) is 6.04. The number of amides is 1. The molecule has 7 heteroatoms. The van der Waals surface area contributed by atoms with Crippen molar-refractivity contribution in [1.82, 2.24) is 10.2 Å². The van der Waals surface area contributed by atoms with Crippen LogP contribution in [0.2, 0.25) is 0 Å². The van der Waals surface area contributed by atoms with E-state index in [0.29, 0.717) is 28.9 Å². The van der Waals surface area contributed by atoms with Gasteiger partial charge in [-0.1, -0.05) is 15.9 Å². The molecule has 0 atom stereocenters. The van der Waals surface area contributed by atoms with E-state index in [0.717, 1.165) is 10.0 Å². The zero-order valence-electron chi connectivity index (χ0n) is 10.6. The SMILES string of the molecule is CCN1C(=O)/C(=C/c2cc3c(cc2Br)OCO3)NC1=S. The van der Waals surface area contributed by atoms with Crippen molar-refractivity contribution >= 4 is 45.2 Å². The van der Waals surface area contributed by atoms with Crippen LogP contribution in [-0.4, -0.2) is 29.3 Å². The molecule has 3 rings (SSSR count). The molecule has 0 aliphatic carbocycles. The number of hydrogen-bond donors (Lipinski definition) is 1. The third-order valence-electron chi connectivity index (χ3n) is 3.07. The third kappa shape index (κ3) is 2.16. The largest absolute Gasteiger partial charge is 0.454 e. The summed E-state index contributed by atoms with van der Waals surface area (Å²) in [5.74, 6) is 1.23. The molecule has 1 N–H and O–H groups in total. The zero-order chi connectivity index (χ0) is 14.3. The maximum absolute atomic E-state index is 12.1. The lowest BCUT2D eigenvalue weighted by Gasteiger charge is -2.08. The van der Waals surface area contributed by atoms with Crippen LogP contribution in [0.1, 0.15) is 12.5 Å². The first kappa shape index (κ1) is 13.4. The van der Waals surface area contributed by atoms with E-state index in [1.54, 1.807) is 6.08 Å². The molecular weight excluding hydrogens is 344 g/mol. The van der Waals surface area contributed by atoms with Gasteiger partial charge in [-0.05, 0) is 42.9 Å². The molecule has 20 heavy (non-hydrogen) atoms. The highest BCUT2D eigenvalue weighted by Gasteiger charge is 2.29. The van der Waals surface area contributed by atoms with Gasteiger partial charge in [-0.2, -0.15) is 0 Å². The number of carbonyl (C=O) groups excluding carboxylic acids is 1. The maximum atomic E-state index is 12.1. The molecule has 0 bridgehead atoms. The number of thiocarbonyl (C=S) groups is 1. The first-order chi connectivity index (χ1) is 9.60. The van der Waals surface area contributed by atoms with Crippen molar-refractivity contribution in [2.75, 3.05) is 13.3 Å². The third-order valence-corrected chi connectivity index (χ3v) is 4.08. The summed E-state index contributed by atoms with van der Waals surface area (Å²) >= 11 is 8.58. The fourth-order valence-electron chi connectivity index (χ4n) is 2.06.